The van der Waals surface area contributed by atoms with E-state index < -0.39 is 0 Å². The maximum Gasteiger partial charge on any atom is 0.251 e. The van der Waals surface area contributed by atoms with Gasteiger partial charge < -0.3 is 19.9 Å². The monoisotopic (exact) mass is 431 g/mol. The molecule has 1 aliphatic rings. The van der Waals surface area contributed by atoms with Crippen molar-refractivity contribution in [2.45, 2.75) is 13.0 Å². The summed E-state index contributed by atoms with van der Waals surface area (Å²) in [4.78, 5) is 29.2. The molecule has 0 aliphatic carbocycles. The summed E-state index contributed by atoms with van der Waals surface area (Å²) < 4.78 is 5.46. The number of para-hydroxylation sites is 1. The van der Waals surface area contributed by atoms with E-state index in [0.29, 0.717) is 18.7 Å². The number of carbonyl (C=O) groups excluding carboxylic acids is 2. The van der Waals surface area contributed by atoms with Crippen molar-refractivity contribution in [2.75, 3.05) is 44.8 Å². The first kappa shape index (κ1) is 21.8. The van der Waals surface area contributed by atoms with E-state index in [0.717, 1.165) is 48.3 Å². The van der Waals surface area contributed by atoms with Crippen LogP contribution < -0.4 is 10.2 Å². The highest BCUT2D eigenvalue weighted by molar-refractivity contribution is 5.98. The SMILES string of the molecule is CN(Cc1ccccc1N1CCOCC1)C(=O)CCNC(=O)c1ccc2ccccc2c1. The first-order valence-electron chi connectivity index (χ1n) is 11.0. The van der Waals surface area contributed by atoms with Gasteiger partial charge in [-0.15, -0.1) is 0 Å². The molecular formula is C26H29N3O3. The number of carbonyl (C=O) groups is 2. The molecule has 2 amide bonds. The number of benzene rings is 3. The largest absolute Gasteiger partial charge is 0.378 e. The fraction of sp³-hybridized carbons (Fsp3) is 0.308. The van der Waals surface area contributed by atoms with E-state index in [4.69, 9.17) is 4.74 Å². The van der Waals surface area contributed by atoms with Crippen molar-refractivity contribution in [1.82, 2.24) is 10.2 Å². The van der Waals surface area contributed by atoms with Gasteiger partial charge in [-0.2, -0.15) is 0 Å². The van der Waals surface area contributed by atoms with Crippen molar-refractivity contribution >= 4 is 28.3 Å². The van der Waals surface area contributed by atoms with Gasteiger partial charge in [0.15, 0.2) is 0 Å². The van der Waals surface area contributed by atoms with Gasteiger partial charge in [-0.05, 0) is 34.5 Å². The molecule has 3 aromatic rings. The molecule has 0 aromatic heterocycles. The van der Waals surface area contributed by atoms with Gasteiger partial charge in [0.05, 0.1) is 13.2 Å². The van der Waals surface area contributed by atoms with Gasteiger partial charge in [-0.25, -0.2) is 0 Å². The molecule has 0 unspecified atom stereocenters. The number of morpholine rings is 1. The topological polar surface area (TPSA) is 61.9 Å². The van der Waals surface area contributed by atoms with Gasteiger partial charge in [0.2, 0.25) is 5.91 Å². The number of anilines is 1. The fourth-order valence-corrected chi connectivity index (χ4v) is 4.01. The molecule has 3 aromatic carbocycles. The fourth-order valence-electron chi connectivity index (χ4n) is 4.01. The zero-order chi connectivity index (χ0) is 22.3. The second kappa shape index (κ2) is 10.3. The van der Waals surface area contributed by atoms with Gasteiger partial charge in [0.1, 0.15) is 0 Å². The Hall–Kier alpha value is -3.38. The Balaban J connectivity index is 1.30. The number of nitrogens with zero attached hydrogens (tertiary/aromatic N) is 2. The van der Waals surface area contributed by atoms with Crippen molar-refractivity contribution < 1.29 is 14.3 Å². The third-order valence-electron chi connectivity index (χ3n) is 5.81. The van der Waals surface area contributed by atoms with Crippen LogP contribution in [0.4, 0.5) is 5.69 Å². The maximum atomic E-state index is 12.7. The summed E-state index contributed by atoms with van der Waals surface area (Å²) in [5, 5.41) is 4.99. The van der Waals surface area contributed by atoms with Crippen LogP contribution in [0.5, 0.6) is 0 Å². The molecule has 1 aliphatic heterocycles. The highest BCUT2D eigenvalue weighted by atomic mass is 16.5. The lowest BCUT2D eigenvalue weighted by molar-refractivity contribution is -0.130. The molecule has 1 heterocycles. The summed E-state index contributed by atoms with van der Waals surface area (Å²) in [6, 6.07) is 21.8. The Labute approximate surface area is 188 Å². The first-order chi connectivity index (χ1) is 15.6. The molecule has 0 atom stereocenters. The average molecular weight is 432 g/mol. The van der Waals surface area contributed by atoms with Crippen LogP contribution >= 0.6 is 0 Å². The van der Waals surface area contributed by atoms with Crippen molar-refractivity contribution in [3.8, 4) is 0 Å². The molecular weight excluding hydrogens is 402 g/mol. The minimum absolute atomic E-state index is 0.000548. The smallest absolute Gasteiger partial charge is 0.251 e. The lowest BCUT2D eigenvalue weighted by Gasteiger charge is -2.31. The maximum absolute atomic E-state index is 12.7. The number of amides is 2. The minimum atomic E-state index is -0.163. The molecule has 1 N–H and O–H groups in total. The van der Waals surface area contributed by atoms with Crippen molar-refractivity contribution in [1.29, 1.82) is 0 Å². The quantitative estimate of drug-likeness (QED) is 0.622. The van der Waals surface area contributed by atoms with Gasteiger partial charge in [-0.1, -0.05) is 48.5 Å². The molecule has 4 rings (SSSR count). The Bertz CT molecular complexity index is 1090. The zero-order valence-electron chi connectivity index (χ0n) is 18.4. The van der Waals surface area contributed by atoms with E-state index in [1.807, 2.05) is 61.6 Å². The summed E-state index contributed by atoms with van der Waals surface area (Å²) in [5.74, 6) is -0.163. The number of nitrogens with one attached hydrogen (secondary N) is 1. The predicted molar refractivity (Wildman–Crippen MR) is 127 cm³/mol. The number of fused-ring (bicyclic) bond motifs is 1. The zero-order valence-corrected chi connectivity index (χ0v) is 18.4. The van der Waals surface area contributed by atoms with E-state index in [-0.39, 0.29) is 18.2 Å². The van der Waals surface area contributed by atoms with Crippen molar-refractivity contribution in [2.24, 2.45) is 0 Å². The van der Waals surface area contributed by atoms with Gasteiger partial charge in [-0.3, -0.25) is 9.59 Å². The van der Waals surface area contributed by atoms with E-state index in [1.165, 1.54) is 0 Å². The summed E-state index contributed by atoms with van der Waals surface area (Å²) in [6.45, 7) is 4.00. The third-order valence-corrected chi connectivity index (χ3v) is 5.81. The Kier molecular flexibility index (Phi) is 7.02. The standard InChI is InChI=1S/C26H29N3O3/c1-28(19-23-8-4-5-9-24(23)29-14-16-32-17-15-29)25(30)12-13-27-26(31)22-11-10-20-6-2-3-7-21(20)18-22/h2-11,18H,12-17,19H2,1H3,(H,27,31). The van der Waals surface area contributed by atoms with Crippen LogP contribution in [0.3, 0.4) is 0 Å². The lowest BCUT2D eigenvalue weighted by atomic mass is 10.1. The lowest BCUT2D eigenvalue weighted by Crippen LogP contribution is -2.37. The highest BCUT2D eigenvalue weighted by Crippen LogP contribution is 2.23. The van der Waals surface area contributed by atoms with Crippen LogP contribution in [0, 0.1) is 0 Å². The molecule has 0 bridgehead atoms. The normalized spacial score (nSPS) is 13.7. The minimum Gasteiger partial charge on any atom is -0.378 e. The third kappa shape index (κ3) is 5.26. The molecule has 0 spiro atoms. The summed E-state index contributed by atoms with van der Waals surface area (Å²) in [6.07, 6.45) is 0.259. The molecule has 1 saturated heterocycles. The summed E-state index contributed by atoms with van der Waals surface area (Å²) in [7, 11) is 1.81. The van der Waals surface area contributed by atoms with E-state index in [2.05, 4.69) is 22.3 Å². The Morgan fingerprint density at radius 1 is 0.969 bits per heavy atom. The predicted octanol–water partition coefficient (Wildman–Crippen LogP) is 3.45. The molecule has 166 valence electrons. The second-order valence-electron chi connectivity index (χ2n) is 8.05. The molecule has 32 heavy (non-hydrogen) atoms. The van der Waals surface area contributed by atoms with E-state index in [9.17, 15) is 9.59 Å². The number of ether oxygens (including phenoxy) is 1. The molecule has 6 nitrogen and oxygen atoms in total. The van der Waals surface area contributed by atoms with Gasteiger partial charge >= 0.3 is 0 Å². The number of hydrogen-bond donors (Lipinski definition) is 1. The molecule has 1 fully saturated rings. The van der Waals surface area contributed by atoms with Crippen LogP contribution in [0.2, 0.25) is 0 Å². The van der Waals surface area contributed by atoms with Crippen molar-refractivity contribution in [3.63, 3.8) is 0 Å². The van der Waals surface area contributed by atoms with Gasteiger partial charge in [0.25, 0.3) is 5.91 Å². The average Bonchev–Trinajstić information content (AvgIpc) is 2.84. The number of rotatable bonds is 7. The van der Waals surface area contributed by atoms with Gasteiger partial charge in [0, 0.05) is 50.9 Å². The van der Waals surface area contributed by atoms with Crippen LogP contribution in [0.1, 0.15) is 22.3 Å². The first-order valence-corrected chi connectivity index (χ1v) is 11.0. The van der Waals surface area contributed by atoms with Crippen LogP contribution in [-0.4, -0.2) is 56.6 Å². The van der Waals surface area contributed by atoms with Crippen LogP contribution in [0.15, 0.2) is 66.7 Å². The van der Waals surface area contributed by atoms with Crippen molar-refractivity contribution in [3.05, 3.63) is 77.9 Å². The van der Waals surface area contributed by atoms with Crippen LogP contribution in [-0.2, 0) is 16.1 Å². The summed E-state index contributed by atoms with van der Waals surface area (Å²) >= 11 is 0. The van der Waals surface area contributed by atoms with E-state index >= 15 is 0 Å². The van der Waals surface area contributed by atoms with E-state index in [1.54, 1.807) is 4.90 Å². The molecule has 6 heteroatoms. The summed E-state index contributed by atoms with van der Waals surface area (Å²) in [5.41, 5.74) is 2.87. The Morgan fingerprint density at radius 3 is 2.50 bits per heavy atom. The Morgan fingerprint density at radius 2 is 1.69 bits per heavy atom. The molecule has 0 saturated carbocycles. The van der Waals surface area contributed by atoms with Crippen LogP contribution in [0.25, 0.3) is 10.8 Å². The number of hydrogen-bond acceptors (Lipinski definition) is 4. The molecule has 0 radical (unpaired) electrons. The highest BCUT2D eigenvalue weighted by Gasteiger charge is 2.17. The second-order valence-corrected chi connectivity index (χ2v) is 8.05.